The van der Waals surface area contributed by atoms with Gasteiger partial charge < -0.3 is 10.4 Å². The Hall–Kier alpha value is -0.610. The van der Waals surface area contributed by atoms with Crippen molar-refractivity contribution in [2.45, 2.75) is 26.3 Å². The predicted molar refractivity (Wildman–Crippen MR) is 52.5 cm³/mol. The molecule has 4 heteroatoms. The summed E-state index contributed by atoms with van der Waals surface area (Å²) in [7, 11) is 1.63. The number of aliphatic hydroxyl groups excluding tert-OH is 1. The van der Waals surface area contributed by atoms with Crippen molar-refractivity contribution in [1.29, 1.82) is 0 Å². The normalized spacial score (nSPS) is 10.9. The van der Waals surface area contributed by atoms with Gasteiger partial charge in [-0.15, -0.1) is 0 Å². The zero-order valence-corrected chi connectivity index (χ0v) is 8.71. The largest absolute Gasteiger partial charge is 0.396 e. The summed E-state index contributed by atoms with van der Waals surface area (Å²) in [4.78, 5) is 13.1. The molecule has 2 N–H and O–H groups in total. The predicted octanol–water partition coefficient (Wildman–Crippen LogP) is -0.175. The number of likely N-dealkylation sites (N-methyl/N-ethyl adjacent to an activating group) is 1. The molecule has 0 aliphatic rings. The lowest BCUT2D eigenvalue weighted by Gasteiger charge is -2.24. The molecule has 78 valence electrons. The van der Waals surface area contributed by atoms with E-state index in [9.17, 15) is 4.79 Å². The molecule has 0 fully saturated rings. The minimum Gasteiger partial charge on any atom is -0.396 e. The van der Waals surface area contributed by atoms with Crippen LogP contribution in [-0.2, 0) is 4.79 Å². The van der Waals surface area contributed by atoms with Crippen LogP contribution in [0.5, 0.6) is 0 Å². The third-order valence-corrected chi connectivity index (χ3v) is 1.96. The Labute approximate surface area is 79.9 Å². The van der Waals surface area contributed by atoms with Crippen LogP contribution in [0.4, 0.5) is 0 Å². The number of hydrogen-bond acceptors (Lipinski definition) is 3. The van der Waals surface area contributed by atoms with E-state index in [0.717, 1.165) is 13.0 Å². The van der Waals surface area contributed by atoms with Gasteiger partial charge in [-0.25, -0.2) is 0 Å². The molecule has 0 unspecified atom stereocenters. The first-order valence-electron chi connectivity index (χ1n) is 4.67. The molecular formula is C9H20N2O2. The first kappa shape index (κ1) is 12.4. The second-order valence-corrected chi connectivity index (χ2v) is 3.31. The van der Waals surface area contributed by atoms with Crippen molar-refractivity contribution in [2.75, 3.05) is 26.7 Å². The first-order chi connectivity index (χ1) is 6.11. The number of rotatable bonds is 6. The Bertz CT molecular complexity index is 149. The zero-order valence-electron chi connectivity index (χ0n) is 8.71. The number of nitrogens with one attached hydrogen (secondary N) is 1. The number of carbonyl (C=O) groups is 1. The Morgan fingerprint density at radius 2 is 2.15 bits per heavy atom. The van der Waals surface area contributed by atoms with E-state index < -0.39 is 0 Å². The van der Waals surface area contributed by atoms with Crippen LogP contribution in [0.25, 0.3) is 0 Å². The van der Waals surface area contributed by atoms with Gasteiger partial charge in [0, 0.05) is 26.2 Å². The van der Waals surface area contributed by atoms with Crippen LogP contribution in [0.1, 0.15) is 20.3 Å². The highest BCUT2D eigenvalue weighted by Gasteiger charge is 2.11. The quantitative estimate of drug-likeness (QED) is 0.608. The minimum atomic E-state index is 0.0200. The van der Waals surface area contributed by atoms with Crippen LogP contribution in [0.2, 0.25) is 0 Å². The molecule has 0 rings (SSSR count). The third-order valence-electron chi connectivity index (χ3n) is 1.96. The van der Waals surface area contributed by atoms with Gasteiger partial charge >= 0.3 is 0 Å². The van der Waals surface area contributed by atoms with Crippen LogP contribution < -0.4 is 5.32 Å². The SMILES string of the molecule is CNC(=O)CN(CCCO)C(C)C. The van der Waals surface area contributed by atoms with Crippen molar-refractivity contribution in [2.24, 2.45) is 0 Å². The molecule has 1 amide bonds. The lowest BCUT2D eigenvalue weighted by Crippen LogP contribution is -2.40. The van der Waals surface area contributed by atoms with E-state index in [-0.39, 0.29) is 12.5 Å². The van der Waals surface area contributed by atoms with Gasteiger partial charge in [0.15, 0.2) is 0 Å². The monoisotopic (exact) mass is 188 g/mol. The zero-order chi connectivity index (χ0) is 10.3. The van der Waals surface area contributed by atoms with Crippen LogP contribution in [0, 0.1) is 0 Å². The summed E-state index contributed by atoms with van der Waals surface area (Å²) < 4.78 is 0. The van der Waals surface area contributed by atoms with Crippen molar-refractivity contribution in [1.82, 2.24) is 10.2 Å². The number of nitrogens with zero attached hydrogens (tertiary/aromatic N) is 1. The maximum absolute atomic E-state index is 11.1. The van der Waals surface area contributed by atoms with Gasteiger partial charge in [0.1, 0.15) is 0 Å². The van der Waals surface area contributed by atoms with E-state index in [2.05, 4.69) is 5.32 Å². The Morgan fingerprint density at radius 3 is 2.54 bits per heavy atom. The molecule has 0 saturated carbocycles. The highest BCUT2D eigenvalue weighted by Crippen LogP contribution is 1.98. The number of hydrogen-bond donors (Lipinski definition) is 2. The molecule has 0 aromatic heterocycles. The topological polar surface area (TPSA) is 52.6 Å². The molecule has 0 atom stereocenters. The molecule has 0 aliphatic heterocycles. The summed E-state index contributed by atoms with van der Waals surface area (Å²) in [5.41, 5.74) is 0. The molecular weight excluding hydrogens is 168 g/mol. The van der Waals surface area contributed by atoms with Crippen molar-refractivity contribution in [3.05, 3.63) is 0 Å². The van der Waals surface area contributed by atoms with Crippen LogP contribution >= 0.6 is 0 Å². The maximum atomic E-state index is 11.1. The number of aliphatic hydroxyl groups is 1. The van der Waals surface area contributed by atoms with E-state index in [1.54, 1.807) is 7.05 Å². The van der Waals surface area contributed by atoms with E-state index in [0.29, 0.717) is 12.6 Å². The van der Waals surface area contributed by atoms with Crippen LogP contribution in [0.15, 0.2) is 0 Å². The number of amides is 1. The molecule has 0 aromatic rings. The van der Waals surface area contributed by atoms with Crippen LogP contribution in [0.3, 0.4) is 0 Å². The fraction of sp³-hybridized carbons (Fsp3) is 0.889. The molecule has 0 radical (unpaired) electrons. The van der Waals surface area contributed by atoms with E-state index in [1.807, 2.05) is 18.7 Å². The smallest absolute Gasteiger partial charge is 0.233 e. The maximum Gasteiger partial charge on any atom is 0.233 e. The Morgan fingerprint density at radius 1 is 1.54 bits per heavy atom. The fourth-order valence-electron chi connectivity index (χ4n) is 1.06. The van der Waals surface area contributed by atoms with E-state index >= 15 is 0 Å². The van der Waals surface area contributed by atoms with Crippen molar-refractivity contribution in [3.63, 3.8) is 0 Å². The van der Waals surface area contributed by atoms with Gasteiger partial charge in [-0.1, -0.05) is 0 Å². The molecule has 0 spiro atoms. The van der Waals surface area contributed by atoms with Gasteiger partial charge in [0.2, 0.25) is 5.91 Å². The summed E-state index contributed by atoms with van der Waals surface area (Å²) in [5.74, 6) is 0.0200. The van der Waals surface area contributed by atoms with Gasteiger partial charge in [0.05, 0.1) is 6.54 Å². The van der Waals surface area contributed by atoms with Crippen molar-refractivity contribution in [3.8, 4) is 0 Å². The lowest BCUT2D eigenvalue weighted by molar-refractivity contribution is -0.122. The summed E-state index contributed by atoms with van der Waals surface area (Å²) >= 11 is 0. The molecule has 0 saturated heterocycles. The molecule has 0 heterocycles. The molecule has 0 aliphatic carbocycles. The summed E-state index contributed by atoms with van der Waals surface area (Å²) in [5, 5.41) is 11.2. The van der Waals surface area contributed by atoms with Gasteiger partial charge in [-0.2, -0.15) is 0 Å². The summed E-state index contributed by atoms with van der Waals surface area (Å²) in [6, 6.07) is 0.337. The van der Waals surface area contributed by atoms with Gasteiger partial charge in [-0.3, -0.25) is 9.69 Å². The first-order valence-corrected chi connectivity index (χ1v) is 4.67. The molecule has 0 aromatic carbocycles. The Balaban J connectivity index is 3.87. The Kier molecular flexibility index (Phi) is 6.54. The highest BCUT2D eigenvalue weighted by molar-refractivity contribution is 5.77. The summed E-state index contributed by atoms with van der Waals surface area (Å²) in [6.07, 6.45) is 0.717. The van der Waals surface area contributed by atoms with Gasteiger partial charge in [-0.05, 0) is 20.3 Å². The number of carbonyl (C=O) groups excluding carboxylic acids is 1. The average Bonchev–Trinajstić information content (AvgIpc) is 2.11. The molecule has 13 heavy (non-hydrogen) atoms. The second-order valence-electron chi connectivity index (χ2n) is 3.31. The molecule has 4 nitrogen and oxygen atoms in total. The van der Waals surface area contributed by atoms with Gasteiger partial charge in [0.25, 0.3) is 0 Å². The lowest BCUT2D eigenvalue weighted by atomic mass is 10.3. The second kappa shape index (κ2) is 6.86. The van der Waals surface area contributed by atoms with Crippen molar-refractivity contribution >= 4 is 5.91 Å². The molecule has 0 bridgehead atoms. The minimum absolute atomic E-state index is 0.0200. The van der Waals surface area contributed by atoms with Crippen LogP contribution in [-0.4, -0.2) is 48.7 Å². The third kappa shape index (κ3) is 5.60. The van der Waals surface area contributed by atoms with E-state index in [1.165, 1.54) is 0 Å². The summed E-state index contributed by atoms with van der Waals surface area (Å²) in [6.45, 7) is 5.44. The fourth-order valence-corrected chi connectivity index (χ4v) is 1.06. The highest BCUT2D eigenvalue weighted by atomic mass is 16.3. The standard InChI is InChI=1S/C9H20N2O2/c1-8(2)11(5-4-6-12)7-9(13)10-3/h8,12H,4-7H2,1-3H3,(H,10,13). The average molecular weight is 188 g/mol. The van der Waals surface area contributed by atoms with Crippen molar-refractivity contribution < 1.29 is 9.90 Å². The van der Waals surface area contributed by atoms with E-state index in [4.69, 9.17) is 5.11 Å².